The highest BCUT2D eigenvalue weighted by atomic mass is 16.7. The molecule has 130 valence electrons. The quantitative estimate of drug-likeness (QED) is 0.633. The summed E-state index contributed by atoms with van der Waals surface area (Å²) in [7, 11) is 1.70. The first-order valence-corrected chi connectivity index (χ1v) is 9.14. The molecule has 3 heteroatoms. The van der Waals surface area contributed by atoms with Crippen LogP contribution in [0.3, 0.4) is 0 Å². The summed E-state index contributed by atoms with van der Waals surface area (Å²) in [6.45, 7) is 6.70. The second-order valence-electron chi connectivity index (χ2n) is 6.58. The van der Waals surface area contributed by atoms with Gasteiger partial charge in [-0.3, -0.25) is 0 Å². The number of hydrogen-bond donors (Lipinski definition) is 0. The molecule has 0 N–H and O–H groups in total. The van der Waals surface area contributed by atoms with Crippen LogP contribution in [0.25, 0.3) is 0 Å². The third-order valence-electron chi connectivity index (χ3n) is 4.77. The van der Waals surface area contributed by atoms with Crippen molar-refractivity contribution in [2.24, 2.45) is 5.92 Å². The van der Waals surface area contributed by atoms with Crippen LogP contribution in [-0.4, -0.2) is 19.5 Å². The van der Waals surface area contributed by atoms with Gasteiger partial charge in [0.05, 0.1) is 19.3 Å². The minimum atomic E-state index is -0.0693. The third-order valence-corrected chi connectivity index (χ3v) is 4.77. The van der Waals surface area contributed by atoms with Gasteiger partial charge in [0.2, 0.25) is 0 Å². The van der Waals surface area contributed by atoms with Gasteiger partial charge in [0.1, 0.15) is 5.75 Å². The van der Waals surface area contributed by atoms with Gasteiger partial charge in [-0.25, -0.2) is 0 Å². The van der Waals surface area contributed by atoms with Gasteiger partial charge in [0.15, 0.2) is 6.29 Å². The lowest BCUT2D eigenvalue weighted by Gasteiger charge is -2.41. The van der Waals surface area contributed by atoms with E-state index in [-0.39, 0.29) is 18.5 Å². The topological polar surface area (TPSA) is 27.7 Å². The highest BCUT2D eigenvalue weighted by molar-refractivity contribution is 5.29. The Labute approximate surface area is 141 Å². The molecule has 0 saturated carbocycles. The fourth-order valence-corrected chi connectivity index (χ4v) is 3.25. The number of methoxy groups -OCH3 is 1. The van der Waals surface area contributed by atoms with E-state index in [1.54, 1.807) is 7.11 Å². The zero-order chi connectivity index (χ0) is 16.7. The lowest BCUT2D eigenvalue weighted by Crippen LogP contribution is -2.40. The molecule has 3 nitrogen and oxygen atoms in total. The average molecular weight is 320 g/mol. The maximum atomic E-state index is 6.31. The van der Waals surface area contributed by atoms with Crippen LogP contribution < -0.4 is 4.74 Å². The molecule has 0 unspecified atom stereocenters. The Kier molecular flexibility index (Phi) is 7.38. The lowest BCUT2D eigenvalue weighted by molar-refractivity contribution is -0.272. The van der Waals surface area contributed by atoms with Gasteiger partial charge in [-0.15, -0.1) is 0 Å². The molecule has 0 bridgehead atoms. The van der Waals surface area contributed by atoms with E-state index >= 15 is 0 Å². The fourth-order valence-electron chi connectivity index (χ4n) is 3.25. The highest BCUT2D eigenvalue weighted by Crippen LogP contribution is 2.39. The molecule has 1 aromatic carbocycles. The van der Waals surface area contributed by atoms with Gasteiger partial charge in [0.25, 0.3) is 0 Å². The van der Waals surface area contributed by atoms with Crippen LogP contribution in [0.5, 0.6) is 5.75 Å². The molecule has 1 saturated heterocycles. The third kappa shape index (κ3) is 4.95. The number of rotatable bonds is 8. The second-order valence-corrected chi connectivity index (χ2v) is 6.58. The first-order valence-electron chi connectivity index (χ1n) is 9.14. The van der Waals surface area contributed by atoms with E-state index in [1.807, 2.05) is 12.1 Å². The average Bonchev–Trinajstić information content (AvgIpc) is 2.59. The maximum Gasteiger partial charge on any atom is 0.158 e. The zero-order valence-corrected chi connectivity index (χ0v) is 15.1. The monoisotopic (exact) mass is 320 g/mol. The summed E-state index contributed by atoms with van der Waals surface area (Å²) < 4.78 is 17.8. The molecule has 1 fully saturated rings. The summed E-state index contributed by atoms with van der Waals surface area (Å²) in [5.41, 5.74) is 1.23. The van der Waals surface area contributed by atoms with E-state index in [4.69, 9.17) is 14.2 Å². The van der Waals surface area contributed by atoms with Crippen molar-refractivity contribution in [2.75, 3.05) is 7.11 Å². The molecule has 1 aliphatic heterocycles. The van der Waals surface area contributed by atoms with Crippen molar-refractivity contribution in [3.8, 4) is 5.75 Å². The summed E-state index contributed by atoms with van der Waals surface area (Å²) in [6, 6.07) is 8.28. The van der Waals surface area contributed by atoms with E-state index in [9.17, 15) is 0 Å². The molecular formula is C20H32O3. The van der Waals surface area contributed by atoms with Crippen molar-refractivity contribution in [1.82, 2.24) is 0 Å². The molecule has 1 aliphatic rings. The van der Waals surface area contributed by atoms with Crippen LogP contribution in [0.4, 0.5) is 0 Å². The van der Waals surface area contributed by atoms with E-state index in [1.165, 1.54) is 24.8 Å². The van der Waals surface area contributed by atoms with Gasteiger partial charge < -0.3 is 14.2 Å². The maximum absolute atomic E-state index is 6.31. The molecule has 4 atom stereocenters. The summed E-state index contributed by atoms with van der Waals surface area (Å²) in [6.07, 6.45) is 7.18. The van der Waals surface area contributed by atoms with E-state index in [0.29, 0.717) is 5.92 Å². The molecule has 0 aromatic heterocycles. The molecule has 23 heavy (non-hydrogen) atoms. The predicted octanol–water partition coefficient (Wildman–Crippen LogP) is 5.49. The van der Waals surface area contributed by atoms with E-state index in [0.717, 1.165) is 25.0 Å². The zero-order valence-electron chi connectivity index (χ0n) is 15.1. The largest absolute Gasteiger partial charge is 0.497 e. The Hall–Kier alpha value is -1.06. The second kappa shape index (κ2) is 9.29. The standard InChI is InChI=1S/C20H32O3/c1-5-7-9-18-15(3)20(23-19(22-18)10-8-6-2)16-11-13-17(21-4)14-12-16/h11-15,18-20H,5-10H2,1-4H3/t15-,18-,19-,20-/m1/s1. The van der Waals surface area contributed by atoms with Crippen LogP contribution >= 0.6 is 0 Å². The SMILES string of the molecule is CCCC[C@@H]1O[C@H](CCCC)[C@@H](C)[C@H](c2ccc(OC)cc2)O1. The van der Waals surface area contributed by atoms with E-state index in [2.05, 4.69) is 32.9 Å². The first-order chi connectivity index (χ1) is 11.2. The van der Waals surface area contributed by atoms with Crippen LogP contribution in [-0.2, 0) is 9.47 Å². The van der Waals surface area contributed by atoms with Crippen molar-refractivity contribution in [2.45, 2.75) is 77.8 Å². The predicted molar refractivity (Wildman–Crippen MR) is 93.7 cm³/mol. The van der Waals surface area contributed by atoms with Crippen molar-refractivity contribution < 1.29 is 14.2 Å². The molecular weight excluding hydrogens is 288 g/mol. The molecule has 0 amide bonds. The van der Waals surface area contributed by atoms with Crippen LogP contribution in [0.1, 0.15) is 71.0 Å². The van der Waals surface area contributed by atoms with Crippen LogP contribution in [0.15, 0.2) is 24.3 Å². The molecule has 0 radical (unpaired) electrons. The van der Waals surface area contributed by atoms with Gasteiger partial charge >= 0.3 is 0 Å². The molecule has 0 spiro atoms. The Bertz CT molecular complexity index is 443. The number of benzene rings is 1. The van der Waals surface area contributed by atoms with E-state index < -0.39 is 0 Å². The van der Waals surface area contributed by atoms with Gasteiger partial charge in [0, 0.05) is 5.92 Å². The van der Waals surface area contributed by atoms with Crippen LogP contribution in [0, 0.1) is 5.92 Å². The minimum absolute atomic E-state index is 0.0693. The number of unbranched alkanes of at least 4 members (excludes halogenated alkanes) is 2. The minimum Gasteiger partial charge on any atom is -0.497 e. The van der Waals surface area contributed by atoms with Gasteiger partial charge in [-0.05, 0) is 37.0 Å². The van der Waals surface area contributed by atoms with Crippen molar-refractivity contribution in [3.63, 3.8) is 0 Å². The van der Waals surface area contributed by atoms with Crippen LogP contribution in [0.2, 0.25) is 0 Å². The Morgan fingerprint density at radius 3 is 2.22 bits per heavy atom. The Morgan fingerprint density at radius 2 is 1.61 bits per heavy atom. The summed E-state index contributed by atoms with van der Waals surface area (Å²) in [5, 5.41) is 0. The van der Waals surface area contributed by atoms with Crippen molar-refractivity contribution in [1.29, 1.82) is 0 Å². The Balaban J connectivity index is 2.12. The first kappa shape index (κ1) is 18.3. The summed E-state index contributed by atoms with van der Waals surface area (Å²) in [5.74, 6) is 1.26. The number of ether oxygens (including phenoxy) is 3. The molecule has 1 heterocycles. The molecule has 1 aromatic rings. The lowest BCUT2D eigenvalue weighted by atomic mass is 9.88. The highest BCUT2D eigenvalue weighted by Gasteiger charge is 2.36. The summed E-state index contributed by atoms with van der Waals surface area (Å²) in [4.78, 5) is 0. The van der Waals surface area contributed by atoms with Gasteiger partial charge in [-0.1, -0.05) is 52.2 Å². The normalized spacial score (nSPS) is 27.8. The fraction of sp³-hybridized carbons (Fsp3) is 0.700. The summed E-state index contributed by atoms with van der Waals surface area (Å²) >= 11 is 0. The number of hydrogen-bond acceptors (Lipinski definition) is 3. The molecule has 2 rings (SSSR count). The Morgan fingerprint density at radius 1 is 0.957 bits per heavy atom. The van der Waals surface area contributed by atoms with Gasteiger partial charge in [-0.2, -0.15) is 0 Å². The smallest absolute Gasteiger partial charge is 0.158 e. The molecule has 0 aliphatic carbocycles. The van der Waals surface area contributed by atoms with Crippen molar-refractivity contribution in [3.05, 3.63) is 29.8 Å². The van der Waals surface area contributed by atoms with Crippen molar-refractivity contribution >= 4 is 0 Å².